The zero-order chi connectivity index (χ0) is 14.8. The van der Waals surface area contributed by atoms with Gasteiger partial charge in [-0.1, -0.05) is 12.1 Å². The average Bonchev–Trinajstić information content (AvgIpc) is 3.24. The maximum atomic E-state index is 13.4. The number of ether oxygens (including phenoxy) is 1. The summed E-state index contributed by atoms with van der Waals surface area (Å²) in [6.45, 7) is 2.40. The molecule has 110 valence electrons. The van der Waals surface area contributed by atoms with Gasteiger partial charge in [0.05, 0.1) is 12.1 Å². The van der Waals surface area contributed by atoms with E-state index in [0.717, 1.165) is 12.8 Å². The van der Waals surface area contributed by atoms with Gasteiger partial charge in [0.1, 0.15) is 6.61 Å². The molecule has 2 rings (SSSR count). The molecular formula is C15H21FN2O2. The molecule has 0 bridgehead atoms. The number of halogens is 1. The van der Waals surface area contributed by atoms with Gasteiger partial charge in [0.25, 0.3) is 0 Å². The highest BCUT2D eigenvalue weighted by molar-refractivity contribution is 5.86. The Bertz CT molecular complexity index is 487. The van der Waals surface area contributed by atoms with Gasteiger partial charge in [-0.3, -0.25) is 4.79 Å². The quantitative estimate of drug-likeness (QED) is 0.864. The standard InChI is InChI=1S/C15H21FN2O2/c1-15(17,11-7-8-11)14(19)18(2)9-10-20-13-6-4-3-5-12(13)16/h3-6,11H,7-10,17H2,1-2H3. The highest BCUT2D eigenvalue weighted by Crippen LogP contribution is 2.38. The molecule has 1 aliphatic rings. The Labute approximate surface area is 118 Å². The predicted molar refractivity (Wildman–Crippen MR) is 74.8 cm³/mol. The van der Waals surface area contributed by atoms with Crippen molar-refractivity contribution in [1.29, 1.82) is 0 Å². The fraction of sp³-hybridized carbons (Fsp3) is 0.533. The minimum absolute atomic E-state index is 0.0860. The molecular weight excluding hydrogens is 259 g/mol. The van der Waals surface area contributed by atoms with Crippen molar-refractivity contribution >= 4 is 5.91 Å². The monoisotopic (exact) mass is 280 g/mol. The van der Waals surface area contributed by atoms with Gasteiger partial charge in [-0.2, -0.15) is 0 Å². The fourth-order valence-electron chi connectivity index (χ4n) is 2.22. The molecule has 20 heavy (non-hydrogen) atoms. The number of nitrogens with zero attached hydrogens (tertiary/aromatic N) is 1. The van der Waals surface area contributed by atoms with Crippen LogP contribution >= 0.6 is 0 Å². The molecule has 0 saturated heterocycles. The van der Waals surface area contributed by atoms with Crippen LogP contribution in [0.2, 0.25) is 0 Å². The molecule has 2 N–H and O–H groups in total. The molecule has 1 aliphatic carbocycles. The van der Waals surface area contributed by atoms with E-state index in [1.807, 2.05) is 0 Å². The minimum Gasteiger partial charge on any atom is -0.489 e. The summed E-state index contributed by atoms with van der Waals surface area (Å²) in [6, 6.07) is 6.22. The van der Waals surface area contributed by atoms with Crippen LogP contribution in [-0.4, -0.2) is 36.5 Å². The zero-order valence-corrected chi connectivity index (χ0v) is 11.9. The first-order chi connectivity index (χ1) is 9.43. The SMILES string of the molecule is CN(CCOc1ccccc1F)C(=O)C(C)(N)C1CC1. The topological polar surface area (TPSA) is 55.6 Å². The minimum atomic E-state index is -0.799. The molecule has 1 aromatic carbocycles. The molecule has 4 nitrogen and oxygen atoms in total. The zero-order valence-electron chi connectivity index (χ0n) is 11.9. The second kappa shape index (κ2) is 5.79. The van der Waals surface area contributed by atoms with E-state index in [-0.39, 0.29) is 24.2 Å². The van der Waals surface area contributed by atoms with E-state index in [2.05, 4.69) is 0 Å². The van der Waals surface area contributed by atoms with Crippen LogP contribution in [0.5, 0.6) is 5.75 Å². The van der Waals surface area contributed by atoms with E-state index in [0.29, 0.717) is 6.54 Å². The molecule has 1 atom stereocenters. The maximum absolute atomic E-state index is 13.4. The number of carbonyl (C=O) groups excluding carboxylic acids is 1. The van der Waals surface area contributed by atoms with Gasteiger partial charge < -0.3 is 15.4 Å². The van der Waals surface area contributed by atoms with Crippen LogP contribution in [0.4, 0.5) is 4.39 Å². The lowest BCUT2D eigenvalue weighted by atomic mass is 9.95. The van der Waals surface area contributed by atoms with Gasteiger partial charge in [-0.15, -0.1) is 0 Å². The van der Waals surface area contributed by atoms with Crippen molar-refractivity contribution in [3.05, 3.63) is 30.1 Å². The molecule has 0 radical (unpaired) electrons. The van der Waals surface area contributed by atoms with E-state index in [1.165, 1.54) is 6.07 Å². The maximum Gasteiger partial charge on any atom is 0.242 e. The van der Waals surface area contributed by atoms with E-state index in [9.17, 15) is 9.18 Å². The lowest BCUT2D eigenvalue weighted by Gasteiger charge is -2.29. The number of rotatable bonds is 6. The molecule has 0 aromatic heterocycles. The van der Waals surface area contributed by atoms with Crippen molar-refractivity contribution in [3.63, 3.8) is 0 Å². The number of amides is 1. The normalized spacial score (nSPS) is 17.4. The van der Waals surface area contributed by atoms with Crippen LogP contribution in [0.3, 0.4) is 0 Å². The molecule has 0 heterocycles. The van der Waals surface area contributed by atoms with Crippen LogP contribution < -0.4 is 10.5 Å². The van der Waals surface area contributed by atoms with E-state index in [1.54, 1.807) is 37.1 Å². The summed E-state index contributed by atoms with van der Waals surface area (Å²) in [4.78, 5) is 13.8. The number of carbonyl (C=O) groups is 1. The molecule has 1 fully saturated rings. The van der Waals surface area contributed by atoms with Crippen LogP contribution in [0.1, 0.15) is 19.8 Å². The van der Waals surface area contributed by atoms with Gasteiger partial charge in [0.2, 0.25) is 5.91 Å². The Hall–Kier alpha value is -1.62. The summed E-state index contributed by atoms with van der Waals surface area (Å²) in [5.41, 5.74) is 5.28. The summed E-state index contributed by atoms with van der Waals surface area (Å²) in [5, 5.41) is 0. The number of para-hydroxylation sites is 1. The molecule has 5 heteroatoms. The number of benzene rings is 1. The van der Waals surface area contributed by atoms with Crippen molar-refractivity contribution in [2.45, 2.75) is 25.3 Å². The highest BCUT2D eigenvalue weighted by Gasteiger charge is 2.45. The van der Waals surface area contributed by atoms with Crippen molar-refractivity contribution in [2.24, 2.45) is 11.7 Å². The molecule has 1 aromatic rings. The first-order valence-corrected chi connectivity index (χ1v) is 6.84. The van der Waals surface area contributed by atoms with Crippen molar-refractivity contribution in [2.75, 3.05) is 20.2 Å². The third-order valence-corrected chi connectivity index (χ3v) is 3.75. The third kappa shape index (κ3) is 3.28. The van der Waals surface area contributed by atoms with Crippen LogP contribution in [0.15, 0.2) is 24.3 Å². The van der Waals surface area contributed by atoms with Gasteiger partial charge in [0.15, 0.2) is 11.6 Å². The molecule has 1 saturated carbocycles. The summed E-state index contributed by atoms with van der Waals surface area (Å²) in [6.07, 6.45) is 2.02. The first kappa shape index (κ1) is 14.8. The molecule has 1 unspecified atom stereocenters. The van der Waals surface area contributed by atoms with Crippen LogP contribution in [0, 0.1) is 11.7 Å². The summed E-state index contributed by atoms with van der Waals surface area (Å²) >= 11 is 0. The van der Waals surface area contributed by atoms with Gasteiger partial charge in [-0.25, -0.2) is 4.39 Å². The van der Waals surface area contributed by atoms with Gasteiger partial charge >= 0.3 is 0 Å². The second-order valence-corrected chi connectivity index (χ2v) is 5.56. The molecule has 0 aliphatic heterocycles. The third-order valence-electron chi connectivity index (χ3n) is 3.75. The number of nitrogens with two attached hydrogens (primary N) is 1. The largest absolute Gasteiger partial charge is 0.489 e. The fourth-order valence-corrected chi connectivity index (χ4v) is 2.22. The number of hydrogen-bond acceptors (Lipinski definition) is 3. The van der Waals surface area contributed by atoms with E-state index in [4.69, 9.17) is 10.5 Å². The highest BCUT2D eigenvalue weighted by atomic mass is 19.1. The number of likely N-dealkylation sites (N-methyl/N-ethyl adjacent to an activating group) is 1. The smallest absolute Gasteiger partial charge is 0.242 e. The predicted octanol–water partition coefficient (Wildman–Crippen LogP) is 1.79. The van der Waals surface area contributed by atoms with E-state index < -0.39 is 11.4 Å². The van der Waals surface area contributed by atoms with E-state index >= 15 is 0 Å². The lowest BCUT2D eigenvalue weighted by molar-refractivity contribution is -0.136. The van der Waals surface area contributed by atoms with Crippen molar-refractivity contribution in [1.82, 2.24) is 4.90 Å². The van der Waals surface area contributed by atoms with Crippen molar-refractivity contribution in [3.8, 4) is 5.75 Å². The van der Waals surface area contributed by atoms with Crippen LogP contribution in [-0.2, 0) is 4.79 Å². The summed E-state index contributed by atoms with van der Waals surface area (Å²) in [7, 11) is 1.69. The Kier molecular flexibility index (Phi) is 4.28. The first-order valence-electron chi connectivity index (χ1n) is 6.84. The Balaban J connectivity index is 1.82. The molecule has 0 spiro atoms. The average molecular weight is 280 g/mol. The molecule has 1 amide bonds. The lowest BCUT2D eigenvalue weighted by Crippen LogP contribution is -2.54. The van der Waals surface area contributed by atoms with Crippen molar-refractivity contribution < 1.29 is 13.9 Å². The Morgan fingerprint density at radius 2 is 2.15 bits per heavy atom. The summed E-state index contributed by atoms with van der Waals surface area (Å²) < 4.78 is 18.7. The second-order valence-electron chi connectivity index (χ2n) is 5.56. The Morgan fingerprint density at radius 1 is 1.50 bits per heavy atom. The number of hydrogen-bond donors (Lipinski definition) is 1. The van der Waals surface area contributed by atoms with Crippen LogP contribution in [0.25, 0.3) is 0 Å². The Morgan fingerprint density at radius 3 is 2.75 bits per heavy atom. The van der Waals surface area contributed by atoms with Gasteiger partial charge in [-0.05, 0) is 37.8 Å². The summed E-state index contributed by atoms with van der Waals surface area (Å²) in [5.74, 6) is -0.00348. The van der Waals surface area contributed by atoms with Gasteiger partial charge in [0, 0.05) is 7.05 Å².